The highest BCUT2D eigenvalue weighted by Gasteiger charge is 2.09. The van der Waals surface area contributed by atoms with Crippen molar-refractivity contribution in [1.29, 1.82) is 0 Å². The van der Waals surface area contributed by atoms with Crippen LogP contribution in [0.3, 0.4) is 0 Å². The van der Waals surface area contributed by atoms with Crippen molar-refractivity contribution >= 4 is 27.8 Å². The number of halogens is 1. The van der Waals surface area contributed by atoms with Gasteiger partial charge in [0, 0.05) is 4.47 Å². The van der Waals surface area contributed by atoms with Gasteiger partial charge in [0.15, 0.2) is 0 Å². The fourth-order valence-electron chi connectivity index (χ4n) is 1.81. The van der Waals surface area contributed by atoms with Crippen LogP contribution in [-0.4, -0.2) is 19.0 Å². The van der Waals surface area contributed by atoms with Gasteiger partial charge in [0.05, 0.1) is 18.2 Å². The van der Waals surface area contributed by atoms with Gasteiger partial charge < -0.3 is 10.5 Å². The van der Waals surface area contributed by atoms with Crippen LogP contribution in [0.5, 0.6) is 0 Å². The third kappa shape index (κ3) is 2.88. The quantitative estimate of drug-likeness (QED) is 0.878. The summed E-state index contributed by atoms with van der Waals surface area (Å²) in [6.45, 7) is 0. The molecule has 0 heterocycles. The Labute approximate surface area is 124 Å². The normalized spacial score (nSPS) is 10.1. The van der Waals surface area contributed by atoms with Crippen molar-refractivity contribution in [2.75, 3.05) is 7.11 Å². The minimum absolute atomic E-state index is 0.384. The second-order valence-electron chi connectivity index (χ2n) is 4.13. The van der Waals surface area contributed by atoms with E-state index < -0.39 is 5.91 Å². The lowest BCUT2D eigenvalue weighted by molar-refractivity contribution is 0.0600. The smallest absolute Gasteiger partial charge is 0.337 e. The molecule has 2 aromatic carbocycles. The predicted molar refractivity (Wildman–Crippen MR) is 79.4 cm³/mol. The van der Waals surface area contributed by atoms with E-state index in [1.165, 1.54) is 7.11 Å². The highest BCUT2D eigenvalue weighted by Crippen LogP contribution is 2.25. The van der Waals surface area contributed by atoms with E-state index in [4.69, 9.17) is 5.73 Å². The fraction of sp³-hybridized carbons (Fsp3) is 0.0667. The molecular weight excluding hydrogens is 322 g/mol. The minimum atomic E-state index is -0.495. The summed E-state index contributed by atoms with van der Waals surface area (Å²) in [5.74, 6) is -0.880. The maximum atomic E-state index is 11.4. The summed E-state index contributed by atoms with van der Waals surface area (Å²) in [4.78, 5) is 22.7. The molecule has 2 aromatic rings. The molecule has 0 unspecified atom stereocenters. The number of amides is 1. The van der Waals surface area contributed by atoms with E-state index in [2.05, 4.69) is 20.7 Å². The third-order valence-electron chi connectivity index (χ3n) is 2.87. The van der Waals surface area contributed by atoms with E-state index >= 15 is 0 Å². The van der Waals surface area contributed by atoms with Crippen LogP contribution in [0.2, 0.25) is 0 Å². The van der Waals surface area contributed by atoms with Gasteiger partial charge in [-0.2, -0.15) is 0 Å². The summed E-state index contributed by atoms with van der Waals surface area (Å²) >= 11 is 3.28. The number of primary amides is 1. The maximum absolute atomic E-state index is 11.4. The van der Waals surface area contributed by atoms with E-state index in [9.17, 15) is 9.59 Å². The van der Waals surface area contributed by atoms with Gasteiger partial charge >= 0.3 is 5.97 Å². The van der Waals surface area contributed by atoms with Crippen LogP contribution >= 0.6 is 15.9 Å². The summed E-state index contributed by atoms with van der Waals surface area (Å²) in [7, 11) is 1.34. The molecule has 2 N–H and O–H groups in total. The molecule has 5 heteroatoms. The highest BCUT2D eigenvalue weighted by atomic mass is 79.9. The Morgan fingerprint density at radius 2 is 1.65 bits per heavy atom. The first-order valence-electron chi connectivity index (χ1n) is 5.81. The molecule has 0 aromatic heterocycles. The van der Waals surface area contributed by atoms with Gasteiger partial charge in [0.25, 0.3) is 0 Å². The minimum Gasteiger partial charge on any atom is -0.465 e. The average Bonchev–Trinajstić information content (AvgIpc) is 2.47. The zero-order valence-corrected chi connectivity index (χ0v) is 12.3. The van der Waals surface area contributed by atoms with Crippen molar-refractivity contribution in [2.24, 2.45) is 5.73 Å². The molecule has 0 aliphatic carbocycles. The molecule has 1 amide bonds. The molecule has 4 nitrogen and oxygen atoms in total. The van der Waals surface area contributed by atoms with Crippen LogP contribution in [0.1, 0.15) is 20.7 Å². The van der Waals surface area contributed by atoms with Gasteiger partial charge in [-0.1, -0.05) is 18.2 Å². The molecule has 102 valence electrons. The molecule has 0 radical (unpaired) electrons. The zero-order chi connectivity index (χ0) is 14.7. The van der Waals surface area contributed by atoms with Crippen LogP contribution in [0.15, 0.2) is 46.9 Å². The third-order valence-corrected chi connectivity index (χ3v) is 3.56. The molecule has 0 saturated heterocycles. The molecule has 0 atom stereocenters. The van der Waals surface area contributed by atoms with E-state index in [-0.39, 0.29) is 5.97 Å². The van der Waals surface area contributed by atoms with Crippen molar-refractivity contribution in [2.45, 2.75) is 0 Å². The Hall–Kier alpha value is -2.14. The van der Waals surface area contributed by atoms with Crippen LogP contribution in [0.25, 0.3) is 11.1 Å². The summed E-state index contributed by atoms with van der Waals surface area (Å²) in [6, 6.07) is 12.3. The highest BCUT2D eigenvalue weighted by molar-refractivity contribution is 9.10. The van der Waals surface area contributed by atoms with Gasteiger partial charge in [-0.25, -0.2) is 4.79 Å². The number of benzene rings is 2. The van der Waals surface area contributed by atoms with Crippen LogP contribution < -0.4 is 5.73 Å². The van der Waals surface area contributed by atoms with Crippen LogP contribution in [-0.2, 0) is 4.74 Å². The topological polar surface area (TPSA) is 69.4 Å². The number of hydrogen-bond donors (Lipinski definition) is 1. The van der Waals surface area contributed by atoms with E-state index in [0.717, 1.165) is 11.1 Å². The standard InChI is InChI=1S/C15H12BrNO3/c1-20-15(19)10-4-2-9(3-5-10)11-6-7-13(16)12(8-11)14(17)18/h2-8H,1H3,(H2,17,18). The Morgan fingerprint density at radius 1 is 1.05 bits per heavy atom. The van der Waals surface area contributed by atoms with Gasteiger partial charge in [0.2, 0.25) is 5.91 Å². The predicted octanol–water partition coefficient (Wildman–Crippen LogP) is 3.00. The number of ether oxygens (including phenoxy) is 1. The monoisotopic (exact) mass is 333 g/mol. The van der Waals surface area contributed by atoms with Gasteiger partial charge in [0.1, 0.15) is 0 Å². The number of methoxy groups -OCH3 is 1. The molecule has 0 bridgehead atoms. The Bertz CT molecular complexity index is 665. The molecule has 0 aliphatic heterocycles. The second kappa shape index (κ2) is 5.88. The molecule has 0 saturated carbocycles. The van der Waals surface area contributed by atoms with E-state index in [1.54, 1.807) is 36.4 Å². The van der Waals surface area contributed by atoms with Crippen LogP contribution in [0, 0.1) is 0 Å². The molecule has 0 aliphatic rings. The van der Waals surface area contributed by atoms with Crippen molar-refractivity contribution < 1.29 is 14.3 Å². The van der Waals surface area contributed by atoms with Crippen molar-refractivity contribution in [3.8, 4) is 11.1 Å². The lowest BCUT2D eigenvalue weighted by atomic mass is 10.0. The van der Waals surface area contributed by atoms with E-state index in [0.29, 0.717) is 15.6 Å². The van der Waals surface area contributed by atoms with Gasteiger partial charge in [-0.05, 0) is 51.3 Å². The lowest BCUT2D eigenvalue weighted by Gasteiger charge is -2.06. The first-order chi connectivity index (χ1) is 9.52. The average molecular weight is 334 g/mol. The van der Waals surface area contributed by atoms with Crippen molar-refractivity contribution in [1.82, 2.24) is 0 Å². The number of rotatable bonds is 3. The number of esters is 1. The van der Waals surface area contributed by atoms with Gasteiger partial charge in [-0.15, -0.1) is 0 Å². The van der Waals surface area contributed by atoms with Crippen LogP contribution in [0.4, 0.5) is 0 Å². The van der Waals surface area contributed by atoms with Gasteiger partial charge in [-0.3, -0.25) is 4.79 Å². The number of carbonyl (C=O) groups excluding carboxylic acids is 2. The second-order valence-corrected chi connectivity index (χ2v) is 4.98. The molecule has 0 spiro atoms. The Balaban J connectivity index is 2.39. The summed E-state index contributed by atoms with van der Waals surface area (Å²) in [6.07, 6.45) is 0. The lowest BCUT2D eigenvalue weighted by Crippen LogP contribution is -2.11. The SMILES string of the molecule is COC(=O)c1ccc(-c2ccc(Br)c(C(N)=O)c2)cc1. The largest absolute Gasteiger partial charge is 0.465 e. The Morgan fingerprint density at radius 3 is 2.20 bits per heavy atom. The Kier molecular flexibility index (Phi) is 4.20. The molecule has 2 rings (SSSR count). The zero-order valence-electron chi connectivity index (χ0n) is 10.7. The summed E-state index contributed by atoms with van der Waals surface area (Å²) < 4.78 is 5.29. The first kappa shape index (κ1) is 14.3. The summed E-state index contributed by atoms with van der Waals surface area (Å²) in [5, 5.41) is 0. The fourth-order valence-corrected chi connectivity index (χ4v) is 2.25. The number of carbonyl (C=O) groups is 2. The number of hydrogen-bond acceptors (Lipinski definition) is 3. The molecule has 0 fully saturated rings. The van der Waals surface area contributed by atoms with E-state index in [1.807, 2.05) is 6.07 Å². The number of nitrogens with two attached hydrogens (primary N) is 1. The van der Waals surface area contributed by atoms with Crippen molar-refractivity contribution in [3.63, 3.8) is 0 Å². The molecular formula is C15H12BrNO3. The molecule has 20 heavy (non-hydrogen) atoms. The maximum Gasteiger partial charge on any atom is 0.337 e. The first-order valence-corrected chi connectivity index (χ1v) is 6.60. The van der Waals surface area contributed by atoms with Crippen molar-refractivity contribution in [3.05, 3.63) is 58.1 Å². The summed E-state index contributed by atoms with van der Waals surface area (Å²) in [5.41, 5.74) is 7.93.